The Balaban J connectivity index is 0.000000774. The number of rotatable bonds is 2. The van der Waals surface area contributed by atoms with Crippen molar-refractivity contribution in [1.29, 1.82) is 0 Å². The average molecular weight is 276 g/mol. The fraction of sp³-hybridized carbons (Fsp3) is 0.105. The van der Waals surface area contributed by atoms with Crippen LogP contribution in [0.1, 0.15) is 25.0 Å². The molecule has 0 spiro atoms. The molecule has 2 aromatic carbocycles. The van der Waals surface area contributed by atoms with Gasteiger partial charge in [-0.2, -0.15) is 5.10 Å². The van der Waals surface area contributed by atoms with Crippen LogP contribution in [0.3, 0.4) is 0 Å². The van der Waals surface area contributed by atoms with Crippen molar-refractivity contribution in [2.24, 2.45) is 5.10 Å². The van der Waals surface area contributed by atoms with E-state index in [2.05, 4.69) is 35.3 Å². The van der Waals surface area contributed by atoms with Crippen molar-refractivity contribution in [3.05, 3.63) is 90.1 Å². The molecule has 106 valence electrons. The summed E-state index contributed by atoms with van der Waals surface area (Å²) in [4.78, 5) is 0. The fourth-order valence-electron chi connectivity index (χ4n) is 2.08. The maximum atomic E-state index is 4.35. The Kier molecular flexibility index (Phi) is 5.10. The Morgan fingerprint density at radius 1 is 0.810 bits per heavy atom. The predicted molar refractivity (Wildman–Crippen MR) is 91.0 cm³/mol. The normalized spacial score (nSPS) is 13.3. The maximum absolute atomic E-state index is 4.35. The second-order valence-electron chi connectivity index (χ2n) is 4.38. The van der Waals surface area contributed by atoms with E-state index < -0.39 is 0 Å². The molecule has 0 amide bonds. The lowest BCUT2D eigenvalue weighted by atomic mass is 9.98. The van der Waals surface area contributed by atoms with Crippen molar-refractivity contribution in [1.82, 2.24) is 5.43 Å². The monoisotopic (exact) mass is 276 g/mol. The van der Waals surface area contributed by atoms with Gasteiger partial charge in [0.05, 0.1) is 11.4 Å². The van der Waals surface area contributed by atoms with Gasteiger partial charge in [0.1, 0.15) is 0 Å². The van der Waals surface area contributed by atoms with Gasteiger partial charge in [-0.25, -0.2) is 0 Å². The molecule has 2 aromatic rings. The summed E-state index contributed by atoms with van der Waals surface area (Å²) in [6.07, 6.45) is 2.07. The highest BCUT2D eigenvalue weighted by Gasteiger charge is 2.13. The third-order valence-corrected chi connectivity index (χ3v) is 3.07. The van der Waals surface area contributed by atoms with Crippen molar-refractivity contribution in [3.63, 3.8) is 0 Å². The SMILES string of the molecule is C=C1NN=C(c2ccccc2)C=C1c1ccccc1.CC. The summed E-state index contributed by atoms with van der Waals surface area (Å²) in [6.45, 7) is 8.01. The lowest BCUT2D eigenvalue weighted by molar-refractivity contribution is 0.921. The highest BCUT2D eigenvalue weighted by Crippen LogP contribution is 2.23. The van der Waals surface area contributed by atoms with Crippen LogP contribution in [0.2, 0.25) is 0 Å². The molecule has 0 aromatic heterocycles. The molecule has 2 nitrogen and oxygen atoms in total. The fourth-order valence-corrected chi connectivity index (χ4v) is 2.08. The Morgan fingerprint density at radius 2 is 1.33 bits per heavy atom. The Labute approximate surface area is 126 Å². The molecular weight excluding hydrogens is 256 g/mol. The van der Waals surface area contributed by atoms with E-state index in [0.717, 1.165) is 28.1 Å². The second kappa shape index (κ2) is 7.25. The zero-order valence-corrected chi connectivity index (χ0v) is 12.5. The molecule has 0 unspecified atom stereocenters. The van der Waals surface area contributed by atoms with Gasteiger partial charge < -0.3 is 0 Å². The van der Waals surface area contributed by atoms with Crippen molar-refractivity contribution in [2.75, 3.05) is 0 Å². The average Bonchev–Trinajstić information content (AvgIpc) is 2.59. The zero-order chi connectivity index (χ0) is 15.1. The van der Waals surface area contributed by atoms with Crippen molar-refractivity contribution < 1.29 is 0 Å². The molecule has 0 atom stereocenters. The van der Waals surface area contributed by atoms with Gasteiger partial charge in [0, 0.05) is 11.1 Å². The zero-order valence-electron chi connectivity index (χ0n) is 12.5. The van der Waals surface area contributed by atoms with Gasteiger partial charge in [-0.05, 0) is 11.6 Å². The van der Waals surface area contributed by atoms with Crippen LogP contribution in [0.25, 0.3) is 5.57 Å². The lowest BCUT2D eigenvalue weighted by Crippen LogP contribution is -2.16. The number of hydrazone groups is 1. The molecule has 21 heavy (non-hydrogen) atoms. The minimum atomic E-state index is 0.825. The van der Waals surface area contributed by atoms with Gasteiger partial charge in [-0.3, -0.25) is 5.43 Å². The minimum Gasteiger partial charge on any atom is -0.278 e. The van der Waals surface area contributed by atoms with Crippen LogP contribution < -0.4 is 5.43 Å². The summed E-state index contributed by atoms with van der Waals surface area (Å²) >= 11 is 0. The van der Waals surface area contributed by atoms with E-state index in [1.54, 1.807) is 0 Å². The molecule has 1 aliphatic rings. The first-order valence-electron chi connectivity index (χ1n) is 7.20. The Bertz CT molecular complexity index is 652. The van der Waals surface area contributed by atoms with E-state index >= 15 is 0 Å². The molecule has 0 fully saturated rings. The summed E-state index contributed by atoms with van der Waals surface area (Å²) in [5.41, 5.74) is 8.07. The topological polar surface area (TPSA) is 24.4 Å². The first-order valence-corrected chi connectivity index (χ1v) is 7.20. The number of allylic oxidation sites excluding steroid dienone is 2. The van der Waals surface area contributed by atoms with E-state index in [4.69, 9.17) is 0 Å². The third kappa shape index (κ3) is 3.48. The third-order valence-electron chi connectivity index (χ3n) is 3.07. The first-order chi connectivity index (χ1) is 10.3. The van der Waals surface area contributed by atoms with Crippen LogP contribution in [0.4, 0.5) is 0 Å². The van der Waals surface area contributed by atoms with Gasteiger partial charge in [-0.1, -0.05) is 81.1 Å². The van der Waals surface area contributed by atoms with E-state index in [-0.39, 0.29) is 0 Å². The van der Waals surface area contributed by atoms with Crippen LogP contribution >= 0.6 is 0 Å². The maximum Gasteiger partial charge on any atom is 0.0912 e. The summed E-state index contributed by atoms with van der Waals surface area (Å²) in [6, 6.07) is 20.3. The number of benzene rings is 2. The highest BCUT2D eigenvalue weighted by molar-refractivity contribution is 6.14. The summed E-state index contributed by atoms with van der Waals surface area (Å²) in [5.74, 6) is 0. The van der Waals surface area contributed by atoms with Crippen LogP contribution in [0, 0.1) is 0 Å². The molecule has 1 N–H and O–H groups in total. The molecule has 3 rings (SSSR count). The Hall–Kier alpha value is -2.61. The van der Waals surface area contributed by atoms with Crippen LogP contribution in [0.5, 0.6) is 0 Å². The second-order valence-corrected chi connectivity index (χ2v) is 4.38. The van der Waals surface area contributed by atoms with Crippen LogP contribution in [-0.4, -0.2) is 5.71 Å². The molecule has 0 bridgehead atoms. The molecule has 0 radical (unpaired) electrons. The number of hydrogen-bond acceptors (Lipinski definition) is 2. The number of nitrogens with one attached hydrogen (secondary N) is 1. The smallest absolute Gasteiger partial charge is 0.0912 e. The molecule has 0 saturated carbocycles. The van der Waals surface area contributed by atoms with Gasteiger partial charge in [0.2, 0.25) is 0 Å². The molecule has 2 heteroatoms. The lowest BCUT2D eigenvalue weighted by Gasteiger charge is -2.17. The molecule has 0 aliphatic carbocycles. The van der Waals surface area contributed by atoms with Crippen molar-refractivity contribution in [3.8, 4) is 0 Å². The van der Waals surface area contributed by atoms with E-state index in [9.17, 15) is 0 Å². The molecule has 0 saturated heterocycles. The van der Waals surface area contributed by atoms with E-state index in [1.165, 1.54) is 0 Å². The van der Waals surface area contributed by atoms with Crippen molar-refractivity contribution >= 4 is 11.3 Å². The summed E-state index contributed by atoms with van der Waals surface area (Å²) < 4.78 is 0. The van der Waals surface area contributed by atoms with Gasteiger partial charge in [0.15, 0.2) is 0 Å². The number of hydrogen-bond donors (Lipinski definition) is 1. The largest absolute Gasteiger partial charge is 0.278 e. The summed E-state index contributed by atoms with van der Waals surface area (Å²) in [7, 11) is 0. The van der Waals surface area contributed by atoms with E-state index in [1.807, 2.05) is 62.4 Å². The molecular formula is C19H20N2. The van der Waals surface area contributed by atoms with Crippen LogP contribution in [0.15, 0.2) is 84.1 Å². The first kappa shape index (κ1) is 14.8. The minimum absolute atomic E-state index is 0.825. The van der Waals surface area contributed by atoms with Gasteiger partial charge in [0.25, 0.3) is 0 Å². The highest BCUT2D eigenvalue weighted by atomic mass is 15.3. The predicted octanol–water partition coefficient (Wildman–Crippen LogP) is 4.62. The van der Waals surface area contributed by atoms with Crippen LogP contribution in [-0.2, 0) is 0 Å². The van der Waals surface area contributed by atoms with Gasteiger partial charge in [-0.15, -0.1) is 0 Å². The van der Waals surface area contributed by atoms with E-state index in [0.29, 0.717) is 0 Å². The Morgan fingerprint density at radius 3 is 1.90 bits per heavy atom. The molecule has 1 aliphatic heterocycles. The molecule has 1 heterocycles. The summed E-state index contributed by atoms with van der Waals surface area (Å²) in [5, 5.41) is 4.35. The van der Waals surface area contributed by atoms with Crippen molar-refractivity contribution in [2.45, 2.75) is 13.8 Å². The quantitative estimate of drug-likeness (QED) is 0.850. The number of nitrogens with zero attached hydrogens (tertiary/aromatic N) is 1. The standard InChI is InChI=1S/C17H14N2.C2H6/c1-13-16(14-8-4-2-5-9-14)12-17(19-18-13)15-10-6-3-7-11-15;1-2/h2-12,18H,1H2;1-2H3. The van der Waals surface area contributed by atoms with Gasteiger partial charge >= 0.3 is 0 Å².